The van der Waals surface area contributed by atoms with Crippen LogP contribution in [0.4, 0.5) is 0 Å². The van der Waals surface area contributed by atoms with E-state index in [4.69, 9.17) is 4.74 Å². The Hall–Kier alpha value is -2.28. The molecule has 0 aromatic carbocycles. The molecule has 1 saturated heterocycles. The van der Waals surface area contributed by atoms with Crippen LogP contribution in [0.15, 0.2) is 30.9 Å². The molecule has 0 bridgehead atoms. The van der Waals surface area contributed by atoms with Crippen LogP contribution in [0.5, 0.6) is 0 Å². The molecule has 1 fully saturated rings. The summed E-state index contributed by atoms with van der Waals surface area (Å²) < 4.78 is 7.49. The van der Waals surface area contributed by atoms with Crippen molar-refractivity contribution in [1.29, 1.82) is 0 Å². The second-order valence-electron chi connectivity index (χ2n) is 6.13. The Bertz CT molecular complexity index is 658. The van der Waals surface area contributed by atoms with Crippen molar-refractivity contribution in [2.75, 3.05) is 26.3 Å². The highest BCUT2D eigenvalue weighted by Gasteiger charge is 2.23. The van der Waals surface area contributed by atoms with Gasteiger partial charge in [0.05, 0.1) is 13.2 Å². The summed E-state index contributed by atoms with van der Waals surface area (Å²) in [5.74, 6) is 0.442. The fourth-order valence-corrected chi connectivity index (χ4v) is 3.00. The van der Waals surface area contributed by atoms with Gasteiger partial charge in [-0.15, -0.1) is 0 Å². The average Bonchev–Trinajstić information content (AvgIpc) is 2.86. The fraction of sp³-hybridized carbons (Fsp3) is 0.529. The van der Waals surface area contributed by atoms with Crippen LogP contribution in [0, 0.1) is 5.92 Å². The number of nitrogens with zero attached hydrogens (tertiary/aromatic N) is 5. The highest BCUT2D eigenvalue weighted by molar-refractivity contribution is 5.76. The topological polar surface area (TPSA) is 73.1 Å². The van der Waals surface area contributed by atoms with Crippen LogP contribution in [0.3, 0.4) is 0 Å². The van der Waals surface area contributed by atoms with Gasteiger partial charge in [0.25, 0.3) is 0 Å². The van der Waals surface area contributed by atoms with Crippen LogP contribution in [0.2, 0.25) is 0 Å². The molecule has 1 amide bonds. The van der Waals surface area contributed by atoms with Crippen molar-refractivity contribution in [3.63, 3.8) is 0 Å². The molecule has 7 nitrogen and oxygen atoms in total. The molecule has 7 heteroatoms. The van der Waals surface area contributed by atoms with Crippen LogP contribution in [0.1, 0.15) is 17.8 Å². The second-order valence-corrected chi connectivity index (χ2v) is 6.13. The number of aromatic nitrogens is 4. The fourth-order valence-electron chi connectivity index (χ4n) is 3.00. The molecule has 1 aliphatic rings. The summed E-state index contributed by atoms with van der Waals surface area (Å²) in [5, 5.41) is 4.14. The minimum atomic E-state index is 0.175. The Balaban J connectivity index is 1.55. The van der Waals surface area contributed by atoms with E-state index in [1.807, 2.05) is 28.8 Å². The lowest BCUT2D eigenvalue weighted by atomic mass is 10.0. The maximum atomic E-state index is 12.6. The average molecular weight is 329 g/mol. The van der Waals surface area contributed by atoms with E-state index in [0.717, 1.165) is 17.8 Å². The van der Waals surface area contributed by atoms with Gasteiger partial charge < -0.3 is 9.64 Å². The van der Waals surface area contributed by atoms with Crippen LogP contribution >= 0.6 is 0 Å². The van der Waals surface area contributed by atoms with Crippen molar-refractivity contribution >= 4 is 5.91 Å². The van der Waals surface area contributed by atoms with Gasteiger partial charge in [0.15, 0.2) is 0 Å². The molecule has 1 aliphatic heterocycles. The van der Waals surface area contributed by atoms with Crippen molar-refractivity contribution < 1.29 is 9.53 Å². The van der Waals surface area contributed by atoms with Gasteiger partial charge in [-0.2, -0.15) is 5.10 Å². The van der Waals surface area contributed by atoms with Crippen molar-refractivity contribution in [2.45, 2.75) is 19.3 Å². The highest BCUT2D eigenvalue weighted by Crippen LogP contribution is 2.14. The molecule has 2 aromatic rings. The van der Waals surface area contributed by atoms with Gasteiger partial charge in [0, 0.05) is 56.3 Å². The van der Waals surface area contributed by atoms with E-state index in [2.05, 4.69) is 15.1 Å². The Morgan fingerprint density at radius 3 is 3.04 bits per heavy atom. The van der Waals surface area contributed by atoms with Crippen molar-refractivity contribution in [1.82, 2.24) is 24.6 Å². The normalized spacial score (nSPS) is 18.4. The number of carbonyl (C=O) groups excluding carboxylic acids is 1. The third-order valence-electron chi connectivity index (χ3n) is 4.35. The predicted molar refractivity (Wildman–Crippen MR) is 88.2 cm³/mol. The third-order valence-corrected chi connectivity index (χ3v) is 4.35. The summed E-state index contributed by atoms with van der Waals surface area (Å²) in [6.45, 7) is 2.63. The molecule has 0 aliphatic carbocycles. The van der Waals surface area contributed by atoms with Gasteiger partial charge in [-0.1, -0.05) is 0 Å². The summed E-state index contributed by atoms with van der Waals surface area (Å²) in [6.07, 6.45) is 7.08. The van der Waals surface area contributed by atoms with Crippen LogP contribution in [-0.4, -0.2) is 56.9 Å². The molecule has 128 valence electrons. The number of ether oxygens (including phenoxy) is 1. The Labute approximate surface area is 141 Å². The summed E-state index contributed by atoms with van der Waals surface area (Å²) in [6, 6.07) is 3.87. The molecule has 2 aromatic heterocycles. The number of amides is 1. The quantitative estimate of drug-likeness (QED) is 0.813. The monoisotopic (exact) mass is 329 g/mol. The van der Waals surface area contributed by atoms with Crippen molar-refractivity contribution in [2.24, 2.45) is 13.0 Å². The van der Waals surface area contributed by atoms with E-state index < -0.39 is 0 Å². The molecule has 0 spiro atoms. The number of aryl methyl sites for hydroxylation is 2. The van der Waals surface area contributed by atoms with E-state index in [1.54, 1.807) is 18.7 Å². The van der Waals surface area contributed by atoms with Crippen LogP contribution < -0.4 is 0 Å². The summed E-state index contributed by atoms with van der Waals surface area (Å²) >= 11 is 0. The molecular weight excluding hydrogens is 306 g/mol. The van der Waals surface area contributed by atoms with Crippen LogP contribution in [-0.2, 0) is 29.4 Å². The van der Waals surface area contributed by atoms with Gasteiger partial charge in [-0.05, 0) is 25.0 Å². The summed E-state index contributed by atoms with van der Waals surface area (Å²) in [7, 11) is 1.90. The molecular formula is C17H23N5O2. The molecule has 3 rings (SSSR count). The zero-order valence-electron chi connectivity index (χ0n) is 14.0. The lowest BCUT2D eigenvalue weighted by Gasteiger charge is -2.23. The summed E-state index contributed by atoms with van der Waals surface area (Å²) in [4.78, 5) is 22.7. The first-order chi connectivity index (χ1) is 11.7. The maximum Gasteiger partial charge on any atom is 0.223 e. The Morgan fingerprint density at radius 1 is 1.38 bits per heavy atom. The molecule has 0 saturated carbocycles. The van der Waals surface area contributed by atoms with E-state index in [0.29, 0.717) is 39.1 Å². The smallest absolute Gasteiger partial charge is 0.223 e. The van der Waals surface area contributed by atoms with E-state index in [-0.39, 0.29) is 11.8 Å². The predicted octanol–water partition coefficient (Wildman–Crippen LogP) is 0.860. The zero-order chi connectivity index (χ0) is 16.8. The Morgan fingerprint density at radius 2 is 2.29 bits per heavy atom. The number of hydrogen-bond donors (Lipinski definition) is 0. The van der Waals surface area contributed by atoms with E-state index in [9.17, 15) is 4.79 Å². The molecule has 1 atom stereocenters. The molecule has 0 radical (unpaired) electrons. The molecule has 0 unspecified atom stereocenters. The third kappa shape index (κ3) is 4.38. The lowest BCUT2D eigenvalue weighted by molar-refractivity contribution is -0.131. The van der Waals surface area contributed by atoms with Crippen molar-refractivity contribution in [3.8, 4) is 0 Å². The maximum absolute atomic E-state index is 12.6. The van der Waals surface area contributed by atoms with Gasteiger partial charge in [-0.3, -0.25) is 9.48 Å². The first-order valence-corrected chi connectivity index (χ1v) is 8.29. The van der Waals surface area contributed by atoms with Crippen LogP contribution in [0.25, 0.3) is 0 Å². The number of rotatable bonds is 5. The largest absolute Gasteiger partial charge is 0.379 e. The highest BCUT2D eigenvalue weighted by atomic mass is 16.5. The van der Waals surface area contributed by atoms with E-state index in [1.165, 1.54) is 0 Å². The summed E-state index contributed by atoms with van der Waals surface area (Å²) in [5.41, 5.74) is 2.06. The minimum absolute atomic E-state index is 0.175. The van der Waals surface area contributed by atoms with Gasteiger partial charge >= 0.3 is 0 Å². The molecule has 3 heterocycles. The Kier molecular flexibility index (Phi) is 5.53. The molecule has 24 heavy (non-hydrogen) atoms. The van der Waals surface area contributed by atoms with E-state index >= 15 is 0 Å². The van der Waals surface area contributed by atoms with Gasteiger partial charge in [0.1, 0.15) is 6.33 Å². The van der Waals surface area contributed by atoms with Crippen molar-refractivity contribution in [3.05, 3.63) is 42.2 Å². The SMILES string of the molecule is Cn1nccc1CCC(=O)N1CCOC[C@H](Cc2ccncn2)C1. The van der Waals surface area contributed by atoms with Gasteiger partial charge in [-0.25, -0.2) is 9.97 Å². The molecule has 0 N–H and O–H groups in total. The first kappa shape index (κ1) is 16.6. The lowest BCUT2D eigenvalue weighted by Crippen LogP contribution is -2.36. The second kappa shape index (κ2) is 8.01. The van der Waals surface area contributed by atoms with Gasteiger partial charge in [0.2, 0.25) is 5.91 Å². The number of carbonyl (C=O) groups is 1. The minimum Gasteiger partial charge on any atom is -0.379 e. The number of hydrogen-bond acceptors (Lipinski definition) is 5. The zero-order valence-corrected chi connectivity index (χ0v) is 14.0. The first-order valence-electron chi connectivity index (χ1n) is 8.29. The standard InChI is InChI=1S/C17H23N5O2/c1-21-16(5-7-20-21)2-3-17(23)22-8-9-24-12-14(11-22)10-15-4-6-18-13-19-15/h4-7,13-14H,2-3,8-12H2,1H3/t14-/m1/s1.